The molecule has 0 aliphatic carbocycles. The van der Waals surface area contributed by atoms with Crippen LogP contribution in [-0.2, 0) is 16.1 Å². The number of nitrogens with zero attached hydrogens (tertiary/aromatic N) is 2. The lowest BCUT2D eigenvalue weighted by molar-refractivity contribution is -0.127. The number of hydrazine groups is 1. The zero-order valence-corrected chi connectivity index (χ0v) is 20.2. The Kier molecular flexibility index (Phi) is 8.92. The number of benzene rings is 2. The van der Waals surface area contributed by atoms with Gasteiger partial charge in [-0.15, -0.1) is 0 Å². The molecule has 3 aromatic rings. The maximum Gasteiger partial charge on any atom is 0.262 e. The van der Waals surface area contributed by atoms with Crippen LogP contribution in [0.15, 0.2) is 52.4 Å². The minimum absolute atomic E-state index is 0.0336. The quantitative estimate of drug-likeness (QED) is 0.259. The molecule has 0 spiro atoms. The van der Waals surface area contributed by atoms with Crippen molar-refractivity contribution in [2.75, 3.05) is 20.0 Å². The van der Waals surface area contributed by atoms with Crippen molar-refractivity contribution in [1.82, 2.24) is 20.4 Å². The third-order valence-corrected chi connectivity index (χ3v) is 6.02. The fourth-order valence-electron chi connectivity index (χ4n) is 3.25. The van der Waals surface area contributed by atoms with Gasteiger partial charge in [0.05, 0.1) is 37.4 Å². The van der Waals surface area contributed by atoms with Crippen molar-refractivity contribution >= 4 is 34.5 Å². The molecule has 2 aromatic carbocycles. The van der Waals surface area contributed by atoms with Crippen LogP contribution in [0.2, 0.25) is 0 Å². The lowest BCUT2D eigenvalue weighted by Crippen LogP contribution is -2.42. The minimum Gasteiger partial charge on any atom is -0.493 e. The molecule has 0 fully saturated rings. The Labute approximate surface area is 201 Å². The van der Waals surface area contributed by atoms with E-state index in [0.717, 1.165) is 30.2 Å². The van der Waals surface area contributed by atoms with Crippen LogP contribution in [0.1, 0.15) is 31.7 Å². The second-order valence-corrected chi connectivity index (χ2v) is 8.43. The summed E-state index contributed by atoms with van der Waals surface area (Å²) in [4.78, 5) is 42.1. The van der Waals surface area contributed by atoms with Crippen molar-refractivity contribution in [2.45, 2.75) is 37.9 Å². The summed E-state index contributed by atoms with van der Waals surface area (Å²) in [6.07, 6.45) is 1.98. The number of hydrogen-bond acceptors (Lipinski definition) is 7. The van der Waals surface area contributed by atoms with Crippen molar-refractivity contribution in [3.63, 3.8) is 0 Å². The van der Waals surface area contributed by atoms with E-state index in [2.05, 4.69) is 15.8 Å². The Balaban J connectivity index is 1.89. The molecule has 0 saturated carbocycles. The van der Waals surface area contributed by atoms with Crippen molar-refractivity contribution in [3.8, 4) is 11.5 Å². The molecule has 0 atom stereocenters. The van der Waals surface area contributed by atoms with E-state index in [0.29, 0.717) is 34.0 Å². The lowest BCUT2D eigenvalue weighted by Gasteiger charge is -2.15. The fraction of sp³-hybridized carbons (Fsp3) is 0.333. The summed E-state index contributed by atoms with van der Waals surface area (Å²) in [6.45, 7) is 2.27. The van der Waals surface area contributed by atoms with E-state index in [1.807, 2.05) is 37.3 Å². The molecule has 0 aliphatic rings. The average molecular weight is 485 g/mol. The van der Waals surface area contributed by atoms with E-state index in [9.17, 15) is 14.4 Å². The smallest absolute Gasteiger partial charge is 0.262 e. The SMILES string of the molecule is CCCCC(=O)NNC(=O)CSc1nc2cc(OC)c(OC)cc2c(=O)n1Cc1ccccc1. The number of fused-ring (bicyclic) bond motifs is 1. The maximum absolute atomic E-state index is 13.4. The van der Waals surface area contributed by atoms with Crippen molar-refractivity contribution in [2.24, 2.45) is 0 Å². The zero-order valence-electron chi connectivity index (χ0n) is 19.4. The molecule has 0 unspecified atom stereocenters. The Morgan fingerprint density at radius 1 is 1.03 bits per heavy atom. The van der Waals surface area contributed by atoms with Gasteiger partial charge in [-0.2, -0.15) is 0 Å². The first-order valence-electron chi connectivity index (χ1n) is 10.9. The first-order valence-corrected chi connectivity index (χ1v) is 11.9. The number of ether oxygens (including phenoxy) is 2. The molecule has 2 amide bonds. The van der Waals surface area contributed by atoms with Crippen LogP contribution < -0.4 is 25.9 Å². The number of amides is 2. The molecule has 180 valence electrons. The molecule has 2 N–H and O–H groups in total. The molecule has 0 radical (unpaired) electrons. The van der Waals surface area contributed by atoms with Gasteiger partial charge in [-0.1, -0.05) is 55.4 Å². The second kappa shape index (κ2) is 12.1. The van der Waals surface area contributed by atoms with Gasteiger partial charge in [0.2, 0.25) is 11.8 Å². The first kappa shape index (κ1) is 25.1. The predicted octanol–water partition coefficient (Wildman–Crippen LogP) is 2.89. The summed E-state index contributed by atoms with van der Waals surface area (Å²) in [7, 11) is 3.01. The number of thioether (sulfide) groups is 1. The minimum atomic E-state index is -0.400. The summed E-state index contributed by atoms with van der Waals surface area (Å²) >= 11 is 1.11. The number of carbonyl (C=O) groups excluding carboxylic acids is 2. The van der Waals surface area contributed by atoms with Crippen molar-refractivity contribution in [1.29, 1.82) is 0 Å². The Morgan fingerprint density at radius 3 is 2.38 bits per heavy atom. The number of unbranched alkanes of at least 4 members (excludes halogenated alkanes) is 1. The van der Waals surface area contributed by atoms with Crippen LogP contribution >= 0.6 is 11.8 Å². The average Bonchev–Trinajstić information content (AvgIpc) is 2.86. The van der Waals surface area contributed by atoms with E-state index >= 15 is 0 Å². The highest BCUT2D eigenvalue weighted by Gasteiger charge is 2.17. The van der Waals surface area contributed by atoms with Gasteiger partial charge >= 0.3 is 0 Å². The lowest BCUT2D eigenvalue weighted by atomic mass is 10.2. The maximum atomic E-state index is 13.4. The van der Waals surface area contributed by atoms with Gasteiger partial charge < -0.3 is 9.47 Å². The number of hydrogen-bond donors (Lipinski definition) is 2. The monoisotopic (exact) mass is 484 g/mol. The highest BCUT2D eigenvalue weighted by molar-refractivity contribution is 7.99. The zero-order chi connectivity index (χ0) is 24.5. The van der Waals surface area contributed by atoms with E-state index < -0.39 is 5.91 Å². The predicted molar refractivity (Wildman–Crippen MR) is 131 cm³/mol. The molecule has 10 heteroatoms. The van der Waals surface area contributed by atoms with Crippen molar-refractivity contribution in [3.05, 3.63) is 58.4 Å². The van der Waals surface area contributed by atoms with E-state index in [4.69, 9.17) is 9.47 Å². The third-order valence-electron chi connectivity index (χ3n) is 5.04. The van der Waals surface area contributed by atoms with Crippen LogP contribution in [-0.4, -0.2) is 41.3 Å². The molecule has 0 aliphatic heterocycles. The molecular formula is C24H28N4O5S. The normalized spacial score (nSPS) is 10.7. The molecule has 0 bridgehead atoms. The van der Waals surface area contributed by atoms with Crippen LogP contribution in [0.3, 0.4) is 0 Å². The van der Waals surface area contributed by atoms with Crippen LogP contribution in [0.4, 0.5) is 0 Å². The summed E-state index contributed by atoms with van der Waals surface area (Å²) < 4.78 is 12.2. The second-order valence-electron chi connectivity index (χ2n) is 7.48. The molecule has 1 heterocycles. The molecule has 3 rings (SSSR count). The fourth-order valence-corrected chi connectivity index (χ4v) is 4.05. The molecule has 34 heavy (non-hydrogen) atoms. The Bertz CT molecular complexity index is 1210. The number of rotatable bonds is 10. The van der Waals surface area contributed by atoms with Gasteiger partial charge in [0, 0.05) is 12.5 Å². The van der Waals surface area contributed by atoms with Crippen LogP contribution in [0.25, 0.3) is 10.9 Å². The third kappa shape index (κ3) is 6.28. The van der Waals surface area contributed by atoms with Gasteiger partial charge in [0.1, 0.15) is 0 Å². The Morgan fingerprint density at radius 2 is 1.71 bits per heavy atom. The highest BCUT2D eigenvalue weighted by Crippen LogP contribution is 2.31. The highest BCUT2D eigenvalue weighted by atomic mass is 32.2. The molecular weight excluding hydrogens is 456 g/mol. The summed E-state index contributed by atoms with van der Waals surface area (Å²) in [6, 6.07) is 12.8. The molecule has 0 saturated heterocycles. The largest absolute Gasteiger partial charge is 0.493 e. The number of nitrogens with one attached hydrogen (secondary N) is 2. The van der Waals surface area contributed by atoms with E-state index in [1.54, 1.807) is 12.1 Å². The summed E-state index contributed by atoms with van der Waals surface area (Å²) in [5, 5.41) is 0.756. The van der Waals surface area contributed by atoms with Gasteiger partial charge in [-0.05, 0) is 18.1 Å². The number of aromatic nitrogens is 2. The summed E-state index contributed by atoms with van der Waals surface area (Å²) in [5.41, 5.74) is 5.90. The van der Waals surface area contributed by atoms with E-state index in [1.165, 1.54) is 18.8 Å². The van der Waals surface area contributed by atoms with Gasteiger partial charge in [0.15, 0.2) is 16.7 Å². The summed E-state index contributed by atoms with van der Waals surface area (Å²) in [5.74, 6) is 0.201. The standard InChI is InChI=1S/C24H28N4O5S/c1-4-5-11-21(29)26-27-22(30)15-34-24-25-18-13-20(33-3)19(32-2)12-17(18)23(31)28(24)14-16-9-7-6-8-10-16/h6-10,12-13H,4-5,11,14-15H2,1-3H3,(H,26,29)(H,27,30). The van der Waals surface area contributed by atoms with Crippen LogP contribution in [0, 0.1) is 0 Å². The number of methoxy groups -OCH3 is 2. The van der Waals surface area contributed by atoms with E-state index in [-0.39, 0.29) is 23.8 Å². The van der Waals surface area contributed by atoms with Gasteiger partial charge in [-0.3, -0.25) is 29.8 Å². The topological polar surface area (TPSA) is 112 Å². The Hall–Kier alpha value is -3.53. The van der Waals surface area contributed by atoms with Gasteiger partial charge in [0.25, 0.3) is 5.56 Å². The molecule has 1 aromatic heterocycles. The number of carbonyl (C=O) groups is 2. The van der Waals surface area contributed by atoms with Crippen molar-refractivity contribution < 1.29 is 19.1 Å². The first-order chi connectivity index (χ1) is 16.5. The van der Waals surface area contributed by atoms with Crippen LogP contribution in [0.5, 0.6) is 11.5 Å². The van der Waals surface area contributed by atoms with Gasteiger partial charge in [-0.25, -0.2) is 4.98 Å². The molecule has 9 nitrogen and oxygen atoms in total.